The zero-order chi connectivity index (χ0) is 13.5. The summed E-state index contributed by atoms with van der Waals surface area (Å²) < 4.78 is 2.07. The van der Waals surface area contributed by atoms with Gasteiger partial charge in [-0.05, 0) is 41.1 Å². The van der Waals surface area contributed by atoms with E-state index in [0.717, 1.165) is 22.1 Å². The number of hydrogen-bond acceptors (Lipinski definition) is 2. The van der Waals surface area contributed by atoms with Crippen LogP contribution in [0.3, 0.4) is 0 Å². The minimum atomic E-state index is 0.262. The maximum Gasteiger partial charge on any atom is 0.137 e. The molecule has 3 heteroatoms. The van der Waals surface area contributed by atoms with E-state index < -0.39 is 0 Å². The molecule has 0 spiro atoms. The van der Waals surface area contributed by atoms with Gasteiger partial charge in [-0.3, -0.25) is 0 Å². The second-order valence-electron chi connectivity index (χ2n) is 4.82. The summed E-state index contributed by atoms with van der Waals surface area (Å²) in [7, 11) is 0. The van der Waals surface area contributed by atoms with Gasteiger partial charge in [-0.2, -0.15) is 0 Å². The van der Waals surface area contributed by atoms with Gasteiger partial charge in [-0.25, -0.2) is 4.98 Å². The van der Waals surface area contributed by atoms with Crippen molar-refractivity contribution in [3.8, 4) is 11.6 Å². The monoisotopic (exact) mass is 260 g/mol. The number of aromatic hydroxyl groups is 1. The van der Waals surface area contributed by atoms with E-state index in [1.54, 1.807) is 18.3 Å². The topological polar surface area (TPSA) is 38.0 Å². The number of para-hydroxylation sites is 1. The first-order valence-corrected chi connectivity index (χ1v) is 6.46. The van der Waals surface area contributed by atoms with Gasteiger partial charge in [0.25, 0.3) is 0 Å². The number of benzene rings is 2. The molecule has 1 N–H and O–H groups in total. The maximum absolute atomic E-state index is 9.49. The Hall–Kier alpha value is -2.81. The van der Waals surface area contributed by atoms with Crippen molar-refractivity contribution >= 4 is 21.7 Å². The van der Waals surface area contributed by atoms with Gasteiger partial charge in [0.2, 0.25) is 0 Å². The number of pyridine rings is 1. The molecule has 2 aromatic carbocycles. The fourth-order valence-corrected chi connectivity index (χ4v) is 2.53. The molecule has 0 aliphatic rings. The third-order valence-electron chi connectivity index (χ3n) is 3.54. The first-order chi connectivity index (χ1) is 9.81. The number of fused-ring (bicyclic) bond motifs is 2. The lowest BCUT2D eigenvalue weighted by Gasteiger charge is -2.06. The van der Waals surface area contributed by atoms with Crippen LogP contribution in [0.25, 0.3) is 27.5 Å². The van der Waals surface area contributed by atoms with E-state index in [-0.39, 0.29) is 5.75 Å². The molecule has 4 aromatic rings. The molecule has 2 aromatic heterocycles. The van der Waals surface area contributed by atoms with E-state index in [9.17, 15) is 5.11 Å². The maximum atomic E-state index is 9.49. The Labute approximate surface area is 115 Å². The summed E-state index contributed by atoms with van der Waals surface area (Å²) in [6, 6.07) is 17.7. The van der Waals surface area contributed by atoms with E-state index in [1.807, 2.05) is 30.5 Å². The Morgan fingerprint density at radius 2 is 1.75 bits per heavy atom. The Morgan fingerprint density at radius 1 is 0.850 bits per heavy atom. The lowest BCUT2D eigenvalue weighted by atomic mass is 10.1. The number of hydrogen-bond donors (Lipinski definition) is 1. The minimum absolute atomic E-state index is 0.262. The third kappa shape index (κ3) is 1.64. The number of phenolic OH excluding ortho intramolecular Hbond substituents is 1. The molecule has 0 atom stereocenters. The average Bonchev–Trinajstić information content (AvgIpc) is 2.91. The van der Waals surface area contributed by atoms with E-state index in [0.29, 0.717) is 0 Å². The number of rotatable bonds is 1. The van der Waals surface area contributed by atoms with E-state index >= 15 is 0 Å². The highest BCUT2D eigenvalue weighted by atomic mass is 16.3. The van der Waals surface area contributed by atoms with Gasteiger partial charge in [0.1, 0.15) is 11.6 Å². The standard InChI is InChI=1S/C17H12N2O/c20-15-6-5-13-10-17(18-11-14(13)9-15)19-8-7-12-3-1-2-4-16(12)19/h1-11,20H. The summed E-state index contributed by atoms with van der Waals surface area (Å²) >= 11 is 0. The summed E-state index contributed by atoms with van der Waals surface area (Å²) in [5.74, 6) is 1.14. The van der Waals surface area contributed by atoms with E-state index in [4.69, 9.17) is 0 Å². The Bertz CT molecular complexity index is 924. The van der Waals surface area contributed by atoms with Crippen LogP contribution in [0.1, 0.15) is 0 Å². The molecule has 0 saturated carbocycles. The van der Waals surface area contributed by atoms with Crippen LogP contribution in [0.5, 0.6) is 5.75 Å². The summed E-state index contributed by atoms with van der Waals surface area (Å²) in [6.45, 7) is 0. The fraction of sp³-hybridized carbons (Fsp3) is 0. The lowest BCUT2D eigenvalue weighted by molar-refractivity contribution is 0.476. The summed E-state index contributed by atoms with van der Waals surface area (Å²) in [6.07, 6.45) is 3.82. The highest BCUT2D eigenvalue weighted by Gasteiger charge is 2.05. The number of phenols is 1. The second kappa shape index (κ2) is 4.10. The van der Waals surface area contributed by atoms with Crippen molar-refractivity contribution < 1.29 is 5.11 Å². The number of aromatic nitrogens is 2. The van der Waals surface area contributed by atoms with Crippen LogP contribution in [0.2, 0.25) is 0 Å². The molecule has 3 nitrogen and oxygen atoms in total. The van der Waals surface area contributed by atoms with E-state index in [2.05, 4.69) is 27.8 Å². The van der Waals surface area contributed by atoms with Crippen LogP contribution in [0.15, 0.2) is 67.0 Å². The number of nitrogens with zero attached hydrogens (tertiary/aromatic N) is 2. The van der Waals surface area contributed by atoms with Gasteiger partial charge in [0.15, 0.2) is 0 Å². The van der Waals surface area contributed by atoms with Crippen LogP contribution < -0.4 is 0 Å². The van der Waals surface area contributed by atoms with Crippen molar-refractivity contribution in [2.45, 2.75) is 0 Å². The average molecular weight is 260 g/mol. The fourth-order valence-electron chi connectivity index (χ4n) is 2.53. The quantitative estimate of drug-likeness (QED) is 0.564. The molecular weight excluding hydrogens is 248 g/mol. The van der Waals surface area contributed by atoms with Crippen molar-refractivity contribution in [2.75, 3.05) is 0 Å². The molecular formula is C17H12N2O. The van der Waals surface area contributed by atoms with Crippen molar-refractivity contribution in [3.05, 3.63) is 67.0 Å². The van der Waals surface area contributed by atoms with Crippen molar-refractivity contribution in [1.82, 2.24) is 9.55 Å². The second-order valence-corrected chi connectivity index (χ2v) is 4.82. The van der Waals surface area contributed by atoms with Crippen LogP contribution in [-0.4, -0.2) is 14.7 Å². The van der Waals surface area contributed by atoms with Crippen molar-refractivity contribution in [1.29, 1.82) is 0 Å². The normalized spacial score (nSPS) is 11.2. The zero-order valence-electron chi connectivity index (χ0n) is 10.7. The van der Waals surface area contributed by atoms with Crippen LogP contribution in [0, 0.1) is 0 Å². The molecule has 0 radical (unpaired) electrons. The Kier molecular flexibility index (Phi) is 2.27. The molecule has 4 rings (SSSR count). The molecule has 96 valence electrons. The molecule has 0 fully saturated rings. The molecule has 0 unspecified atom stereocenters. The first kappa shape index (κ1) is 11.1. The predicted octanol–water partition coefficient (Wildman–Crippen LogP) is 3.88. The van der Waals surface area contributed by atoms with Crippen molar-refractivity contribution in [3.63, 3.8) is 0 Å². The zero-order valence-corrected chi connectivity index (χ0v) is 10.7. The predicted molar refractivity (Wildman–Crippen MR) is 80.2 cm³/mol. The van der Waals surface area contributed by atoms with Crippen LogP contribution in [0.4, 0.5) is 0 Å². The molecule has 20 heavy (non-hydrogen) atoms. The van der Waals surface area contributed by atoms with E-state index in [1.165, 1.54) is 5.39 Å². The molecule has 0 saturated heterocycles. The molecule has 0 bridgehead atoms. The molecule has 0 amide bonds. The lowest BCUT2D eigenvalue weighted by Crippen LogP contribution is -1.95. The van der Waals surface area contributed by atoms with Gasteiger partial charge in [0.05, 0.1) is 5.52 Å². The van der Waals surface area contributed by atoms with Gasteiger partial charge >= 0.3 is 0 Å². The largest absolute Gasteiger partial charge is 0.508 e. The third-order valence-corrected chi connectivity index (χ3v) is 3.54. The summed E-state index contributed by atoms with van der Waals surface area (Å²) in [4.78, 5) is 4.49. The molecule has 0 aliphatic carbocycles. The van der Waals surface area contributed by atoms with Crippen LogP contribution in [-0.2, 0) is 0 Å². The summed E-state index contributed by atoms with van der Waals surface area (Å²) in [5, 5.41) is 12.7. The van der Waals surface area contributed by atoms with Gasteiger partial charge in [-0.1, -0.05) is 24.3 Å². The Morgan fingerprint density at radius 3 is 2.70 bits per heavy atom. The minimum Gasteiger partial charge on any atom is -0.508 e. The van der Waals surface area contributed by atoms with Gasteiger partial charge in [0, 0.05) is 17.8 Å². The molecule has 0 aliphatic heterocycles. The Balaban J connectivity index is 1.96. The SMILES string of the molecule is Oc1ccc2cc(-n3ccc4ccccc43)ncc2c1. The highest BCUT2D eigenvalue weighted by Crippen LogP contribution is 2.23. The van der Waals surface area contributed by atoms with Crippen LogP contribution >= 0.6 is 0 Å². The first-order valence-electron chi connectivity index (χ1n) is 6.46. The van der Waals surface area contributed by atoms with Gasteiger partial charge in [-0.15, -0.1) is 0 Å². The smallest absolute Gasteiger partial charge is 0.137 e. The van der Waals surface area contributed by atoms with Crippen molar-refractivity contribution in [2.24, 2.45) is 0 Å². The molecule has 2 heterocycles. The highest BCUT2D eigenvalue weighted by molar-refractivity contribution is 5.86. The summed E-state index contributed by atoms with van der Waals surface area (Å²) in [5.41, 5.74) is 1.14. The van der Waals surface area contributed by atoms with Gasteiger partial charge < -0.3 is 9.67 Å².